The molecule has 0 fully saturated rings. The maximum Gasteiger partial charge on any atom is 0.260 e. The Hall–Kier alpha value is -3.27. The summed E-state index contributed by atoms with van der Waals surface area (Å²) >= 11 is 0. The minimum absolute atomic E-state index is 0.344. The quantitative estimate of drug-likeness (QED) is 0.452. The third kappa shape index (κ3) is 6.38. The normalized spacial score (nSPS) is 11.2. The number of hydrogen-bond donors (Lipinski definition) is 1. The van der Waals surface area contributed by atoms with Gasteiger partial charge in [-0.05, 0) is 43.3 Å². The fourth-order valence-electron chi connectivity index (χ4n) is 2.54. The molecule has 0 aliphatic carbocycles. The molecule has 2 rings (SSSR count). The summed E-state index contributed by atoms with van der Waals surface area (Å²) in [5.74, 6) is 1.14. The van der Waals surface area contributed by atoms with Crippen LogP contribution in [0, 0.1) is 0 Å². The van der Waals surface area contributed by atoms with E-state index in [0.29, 0.717) is 35.1 Å². The van der Waals surface area contributed by atoms with Crippen molar-refractivity contribution in [1.29, 1.82) is 0 Å². The van der Waals surface area contributed by atoms with E-state index >= 15 is 0 Å². The van der Waals surface area contributed by atoms with Crippen LogP contribution in [0.2, 0.25) is 0 Å². The lowest BCUT2D eigenvalue weighted by Crippen LogP contribution is -2.39. The zero-order valence-corrected chi connectivity index (χ0v) is 18.1. The van der Waals surface area contributed by atoms with Crippen LogP contribution in [0.3, 0.4) is 0 Å². The molecule has 1 amide bonds. The lowest BCUT2D eigenvalue weighted by molar-refractivity contribution is -0.119. The van der Waals surface area contributed by atoms with E-state index in [2.05, 4.69) is 10.5 Å². The molecular formula is C20H25N3O6S. The summed E-state index contributed by atoms with van der Waals surface area (Å²) in [6.07, 6.45) is 2.43. The molecule has 0 saturated heterocycles. The van der Waals surface area contributed by atoms with Gasteiger partial charge in [-0.25, -0.2) is 13.8 Å². The molecule has 0 heterocycles. The first-order chi connectivity index (χ1) is 14.3. The second-order valence-corrected chi connectivity index (χ2v) is 8.00. The van der Waals surface area contributed by atoms with Crippen molar-refractivity contribution in [2.45, 2.75) is 6.92 Å². The Morgan fingerprint density at radius 3 is 2.33 bits per heavy atom. The maximum atomic E-state index is 12.3. The second kappa shape index (κ2) is 10.5. The number of nitrogens with one attached hydrogen (secondary N) is 1. The molecule has 0 aliphatic rings. The van der Waals surface area contributed by atoms with Gasteiger partial charge in [-0.15, -0.1) is 0 Å². The van der Waals surface area contributed by atoms with Crippen LogP contribution in [0.15, 0.2) is 47.6 Å². The van der Waals surface area contributed by atoms with Gasteiger partial charge in [-0.1, -0.05) is 0 Å². The molecular weight excluding hydrogens is 410 g/mol. The van der Waals surface area contributed by atoms with Crippen molar-refractivity contribution < 1.29 is 27.4 Å². The van der Waals surface area contributed by atoms with Crippen molar-refractivity contribution >= 4 is 27.8 Å². The molecule has 162 valence electrons. The van der Waals surface area contributed by atoms with Crippen molar-refractivity contribution in [1.82, 2.24) is 5.43 Å². The Labute approximate surface area is 176 Å². The number of carbonyl (C=O) groups is 1. The molecule has 0 atom stereocenters. The minimum atomic E-state index is -3.69. The number of carbonyl (C=O) groups excluding carboxylic acids is 1. The van der Waals surface area contributed by atoms with Crippen molar-refractivity contribution in [2.75, 3.05) is 37.9 Å². The molecule has 0 aromatic heterocycles. The smallest absolute Gasteiger partial charge is 0.260 e. The zero-order valence-electron chi connectivity index (χ0n) is 17.3. The molecule has 30 heavy (non-hydrogen) atoms. The van der Waals surface area contributed by atoms with Gasteiger partial charge in [0.25, 0.3) is 5.91 Å². The highest BCUT2D eigenvalue weighted by atomic mass is 32.2. The number of nitrogens with zero attached hydrogens (tertiary/aromatic N) is 2. The van der Waals surface area contributed by atoms with Crippen molar-refractivity contribution in [3.63, 3.8) is 0 Å². The number of hydrogen-bond acceptors (Lipinski definition) is 7. The van der Waals surface area contributed by atoms with Crippen LogP contribution >= 0.6 is 0 Å². The van der Waals surface area contributed by atoms with Gasteiger partial charge >= 0.3 is 0 Å². The number of amides is 1. The standard InChI is InChI=1S/C20H25N3O6S/c1-5-29-17-10-7-16(8-11-17)23(30(4,25)26)14-20(24)22-21-13-15-6-9-18(27-2)12-19(15)28-3/h6-13H,5,14H2,1-4H3,(H,22,24)/b21-13-. The summed E-state index contributed by atoms with van der Waals surface area (Å²) in [4.78, 5) is 12.3. The number of benzene rings is 2. The van der Waals surface area contributed by atoms with Crippen LogP contribution in [0.5, 0.6) is 17.2 Å². The Balaban J connectivity index is 2.09. The molecule has 0 unspecified atom stereocenters. The van der Waals surface area contributed by atoms with E-state index in [0.717, 1.165) is 10.6 Å². The summed E-state index contributed by atoms with van der Waals surface area (Å²) in [6.45, 7) is 1.92. The zero-order chi connectivity index (χ0) is 22.1. The van der Waals surface area contributed by atoms with E-state index in [9.17, 15) is 13.2 Å². The number of methoxy groups -OCH3 is 2. The highest BCUT2D eigenvalue weighted by molar-refractivity contribution is 7.92. The maximum absolute atomic E-state index is 12.3. The van der Waals surface area contributed by atoms with Crippen LogP contribution in [-0.4, -0.2) is 54.2 Å². The van der Waals surface area contributed by atoms with Gasteiger partial charge in [0.15, 0.2) is 0 Å². The summed E-state index contributed by atoms with van der Waals surface area (Å²) < 4.78 is 41.1. The molecule has 0 radical (unpaired) electrons. The third-order valence-electron chi connectivity index (χ3n) is 3.96. The van der Waals surface area contributed by atoms with E-state index in [4.69, 9.17) is 14.2 Å². The predicted molar refractivity (Wildman–Crippen MR) is 115 cm³/mol. The Kier molecular flexibility index (Phi) is 8.05. The Bertz CT molecular complexity index is 990. The molecule has 0 bridgehead atoms. The van der Waals surface area contributed by atoms with Gasteiger partial charge in [0.2, 0.25) is 10.0 Å². The summed E-state index contributed by atoms with van der Waals surface area (Å²) in [5, 5.41) is 3.89. The van der Waals surface area contributed by atoms with Gasteiger partial charge in [0.05, 0.1) is 39.0 Å². The average Bonchev–Trinajstić information content (AvgIpc) is 2.72. The highest BCUT2D eigenvalue weighted by Gasteiger charge is 2.20. The summed E-state index contributed by atoms with van der Waals surface area (Å²) in [6, 6.07) is 11.6. The number of sulfonamides is 1. The summed E-state index contributed by atoms with van der Waals surface area (Å²) in [7, 11) is -0.640. The predicted octanol–water partition coefficient (Wildman–Crippen LogP) is 2.02. The van der Waals surface area contributed by atoms with Crippen molar-refractivity contribution in [2.24, 2.45) is 5.10 Å². The first-order valence-corrected chi connectivity index (χ1v) is 10.9. The number of ether oxygens (including phenoxy) is 3. The summed E-state index contributed by atoms with van der Waals surface area (Å²) in [5.41, 5.74) is 3.29. The third-order valence-corrected chi connectivity index (χ3v) is 5.10. The average molecular weight is 436 g/mol. The number of anilines is 1. The first-order valence-electron chi connectivity index (χ1n) is 9.03. The van der Waals surface area contributed by atoms with E-state index < -0.39 is 22.5 Å². The van der Waals surface area contributed by atoms with Gasteiger partial charge < -0.3 is 14.2 Å². The van der Waals surface area contributed by atoms with E-state index in [1.165, 1.54) is 13.3 Å². The van der Waals surface area contributed by atoms with Gasteiger partial charge in [-0.2, -0.15) is 5.10 Å². The Morgan fingerprint density at radius 2 is 1.77 bits per heavy atom. The van der Waals surface area contributed by atoms with E-state index in [1.54, 1.807) is 49.6 Å². The van der Waals surface area contributed by atoms with Crippen molar-refractivity contribution in [3.8, 4) is 17.2 Å². The molecule has 10 heteroatoms. The van der Waals surface area contributed by atoms with Crippen LogP contribution < -0.4 is 23.9 Å². The molecule has 0 saturated carbocycles. The number of rotatable bonds is 10. The molecule has 1 N–H and O–H groups in total. The lowest BCUT2D eigenvalue weighted by Gasteiger charge is -2.21. The second-order valence-electron chi connectivity index (χ2n) is 6.10. The Morgan fingerprint density at radius 1 is 1.10 bits per heavy atom. The van der Waals surface area contributed by atoms with E-state index in [1.807, 2.05) is 6.92 Å². The van der Waals surface area contributed by atoms with E-state index in [-0.39, 0.29) is 0 Å². The van der Waals surface area contributed by atoms with Crippen LogP contribution in [0.1, 0.15) is 12.5 Å². The minimum Gasteiger partial charge on any atom is -0.497 e. The molecule has 0 spiro atoms. The number of hydrazone groups is 1. The lowest BCUT2D eigenvalue weighted by atomic mass is 10.2. The van der Waals surface area contributed by atoms with Crippen molar-refractivity contribution in [3.05, 3.63) is 48.0 Å². The molecule has 9 nitrogen and oxygen atoms in total. The van der Waals surface area contributed by atoms with Gasteiger partial charge in [0, 0.05) is 11.6 Å². The SMILES string of the molecule is CCOc1ccc(N(CC(=O)N/N=C\c2ccc(OC)cc2OC)S(C)(=O)=O)cc1. The largest absolute Gasteiger partial charge is 0.497 e. The highest BCUT2D eigenvalue weighted by Crippen LogP contribution is 2.23. The molecule has 0 aliphatic heterocycles. The molecule has 2 aromatic rings. The first kappa shape index (κ1) is 23.0. The fraction of sp³-hybridized carbons (Fsp3) is 0.300. The fourth-order valence-corrected chi connectivity index (χ4v) is 3.40. The van der Waals surface area contributed by atoms with Gasteiger partial charge in [-0.3, -0.25) is 9.10 Å². The van der Waals surface area contributed by atoms with Crippen LogP contribution in [0.25, 0.3) is 0 Å². The van der Waals surface area contributed by atoms with Gasteiger partial charge in [0.1, 0.15) is 23.8 Å². The molecule has 2 aromatic carbocycles. The van der Waals surface area contributed by atoms with Crippen LogP contribution in [0.4, 0.5) is 5.69 Å². The topological polar surface area (TPSA) is 107 Å². The van der Waals surface area contributed by atoms with Crippen LogP contribution in [-0.2, 0) is 14.8 Å². The monoisotopic (exact) mass is 435 g/mol.